The van der Waals surface area contributed by atoms with Crippen molar-refractivity contribution in [2.75, 3.05) is 0 Å². The van der Waals surface area contributed by atoms with Crippen LogP contribution >= 0.6 is 0 Å². The average molecular weight is 293 g/mol. The summed E-state index contributed by atoms with van der Waals surface area (Å²) in [6, 6.07) is 0.151. The maximum absolute atomic E-state index is 11.4. The van der Waals surface area contributed by atoms with E-state index in [1.165, 1.54) is 32.1 Å². The highest BCUT2D eigenvalue weighted by Gasteiger charge is 2.30. The molecule has 0 radical (unpaired) electrons. The van der Waals surface area contributed by atoms with E-state index in [0.717, 1.165) is 24.5 Å². The van der Waals surface area contributed by atoms with Crippen LogP contribution in [-0.4, -0.2) is 26.1 Å². The molecule has 1 saturated carbocycles. The molecule has 0 amide bonds. The molecule has 1 N–H and O–H groups in total. The van der Waals surface area contributed by atoms with Crippen LogP contribution in [0.3, 0.4) is 0 Å². The van der Waals surface area contributed by atoms with Gasteiger partial charge in [0.25, 0.3) is 0 Å². The Bertz CT molecular complexity index is 474. The molecule has 0 bridgehead atoms. The molecule has 1 aliphatic carbocycles. The molecule has 2 rings (SSSR count). The van der Waals surface area contributed by atoms with Crippen LogP contribution in [0.25, 0.3) is 0 Å². The van der Waals surface area contributed by atoms with Crippen molar-refractivity contribution in [3.63, 3.8) is 0 Å². The van der Waals surface area contributed by atoms with Crippen LogP contribution in [0.1, 0.15) is 93.9 Å². The largest absolute Gasteiger partial charge is 0.476 e. The van der Waals surface area contributed by atoms with Crippen molar-refractivity contribution in [1.29, 1.82) is 0 Å². The van der Waals surface area contributed by atoms with Gasteiger partial charge in [-0.05, 0) is 45.4 Å². The van der Waals surface area contributed by atoms with Gasteiger partial charge in [-0.3, -0.25) is 0 Å². The van der Waals surface area contributed by atoms with Crippen LogP contribution in [0.5, 0.6) is 0 Å². The van der Waals surface area contributed by atoms with E-state index in [9.17, 15) is 9.90 Å². The molecule has 21 heavy (non-hydrogen) atoms. The van der Waals surface area contributed by atoms with Gasteiger partial charge in [0.05, 0.1) is 5.69 Å². The van der Waals surface area contributed by atoms with Gasteiger partial charge in [0.2, 0.25) is 0 Å². The van der Waals surface area contributed by atoms with Crippen LogP contribution < -0.4 is 0 Å². The van der Waals surface area contributed by atoms with Crippen molar-refractivity contribution in [3.05, 3.63) is 11.4 Å². The molecule has 1 aliphatic rings. The number of hydrogen-bond donors (Lipinski definition) is 1. The smallest absolute Gasteiger partial charge is 0.358 e. The van der Waals surface area contributed by atoms with Crippen LogP contribution in [-0.2, 0) is 0 Å². The van der Waals surface area contributed by atoms with E-state index in [1.54, 1.807) is 4.68 Å². The molecule has 0 aliphatic heterocycles. The first-order valence-corrected chi connectivity index (χ1v) is 8.22. The molecular formula is C16H27N3O2. The summed E-state index contributed by atoms with van der Waals surface area (Å²) < 4.78 is 1.81. The fourth-order valence-electron chi connectivity index (χ4n) is 3.43. The molecule has 1 heterocycles. The van der Waals surface area contributed by atoms with Crippen LogP contribution in [0, 0.1) is 5.92 Å². The Kier molecular flexibility index (Phi) is 5.37. The molecule has 118 valence electrons. The highest BCUT2D eigenvalue weighted by molar-refractivity contribution is 5.86. The highest BCUT2D eigenvalue weighted by atomic mass is 16.4. The number of carbonyl (C=O) groups is 1. The Morgan fingerprint density at radius 3 is 2.52 bits per heavy atom. The molecule has 0 atom stereocenters. The third kappa shape index (κ3) is 3.63. The molecule has 5 nitrogen and oxygen atoms in total. The van der Waals surface area contributed by atoms with E-state index in [-0.39, 0.29) is 11.7 Å². The van der Waals surface area contributed by atoms with Gasteiger partial charge in [0, 0.05) is 12.0 Å². The number of carboxylic acid groups (broad SMARTS) is 1. The third-order valence-corrected chi connectivity index (χ3v) is 4.62. The lowest BCUT2D eigenvalue weighted by molar-refractivity contribution is 0.0687. The van der Waals surface area contributed by atoms with Crippen molar-refractivity contribution >= 4 is 5.97 Å². The number of nitrogens with zero attached hydrogens (tertiary/aromatic N) is 3. The Labute approximate surface area is 126 Å². The van der Waals surface area contributed by atoms with E-state index in [4.69, 9.17) is 0 Å². The Morgan fingerprint density at radius 2 is 2.00 bits per heavy atom. The molecule has 1 fully saturated rings. The van der Waals surface area contributed by atoms with Gasteiger partial charge in [-0.1, -0.05) is 31.4 Å². The van der Waals surface area contributed by atoms with E-state index in [1.807, 2.05) is 13.8 Å². The Balaban J connectivity index is 2.12. The van der Waals surface area contributed by atoms with Crippen LogP contribution in [0.2, 0.25) is 0 Å². The van der Waals surface area contributed by atoms with Gasteiger partial charge < -0.3 is 5.11 Å². The van der Waals surface area contributed by atoms with Gasteiger partial charge >= 0.3 is 5.97 Å². The summed E-state index contributed by atoms with van der Waals surface area (Å²) in [6.45, 7) is 6.28. The first-order valence-electron chi connectivity index (χ1n) is 8.22. The standard InChI is InChI=1S/C16H27N3O2/c1-4-5-6-12-7-9-13(10-8-12)15-14(16(20)21)17-18-19(15)11(2)3/h11-13H,4-10H2,1-3H3,(H,20,21). The SMILES string of the molecule is CCCCC1CCC(c2c(C(=O)O)nnn2C(C)C)CC1. The van der Waals surface area contributed by atoms with Gasteiger partial charge in [-0.2, -0.15) is 0 Å². The summed E-state index contributed by atoms with van der Waals surface area (Å²) in [7, 11) is 0. The zero-order chi connectivity index (χ0) is 15.4. The van der Waals surface area contributed by atoms with Crippen molar-refractivity contribution in [2.45, 2.75) is 77.7 Å². The van der Waals surface area contributed by atoms with Crippen molar-refractivity contribution in [1.82, 2.24) is 15.0 Å². The van der Waals surface area contributed by atoms with Gasteiger partial charge in [0.15, 0.2) is 5.69 Å². The monoisotopic (exact) mass is 293 g/mol. The zero-order valence-corrected chi connectivity index (χ0v) is 13.4. The first kappa shape index (κ1) is 16.0. The predicted octanol–water partition coefficient (Wildman–Crippen LogP) is 4.02. The number of carboxylic acids is 1. The number of aromatic carboxylic acids is 1. The summed E-state index contributed by atoms with van der Waals surface area (Å²) in [5.41, 5.74) is 0.993. The number of unbranched alkanes of at least 4 members (excludes halogenated alkanes) is 1. The van der Waals surface area contributed by atoms with Crippen molar-refractivity contribution in [2.24, 2.45) is 5.92 Å². The minimum atomic E-state index is -0.954. The van der Waals surface area contributed by atoms with Gasteiger partial charge in [0.1, 0.15) is 0 Å². The first-order chi connectivity index (χ1) is 10.0. The number of rotatable bonds is 6. The second kappa shape index (κ2) is 7.05. The normalized spacial score (nSPS) is 22.7. The predicted molar refractivity (Wildman–Crippen MR) is 81.6 cm³/mol. The van der Waals surface area contributed by atoms with Crippen LogP contribution in [0.4, 0.5) is 0 Å². The summed E-state index contributed by atoms with van der Waals surface area (Å²) in [5, 5.41) is 17.3. The number of hydrogen-bond acceptors (Lipinski definition) is 3. The highest BCUT2D eigenvalue weighted by Crippen LogP contribution is 2.39. The van der Waals surface area contributed by atoms with E-state index in [2.05, 4.69) is 17.2 Å². The molecule has 1 aromatic heterocycles. The summed E-state index contributed by atoms with van der Waals surface area (Å²) in [6.07, 6.45) is 8.41. The fourth-order valence-corrected chi connectivity index (χ4v) is 3.43. The minimum Gasteiger partial charge on any atom is -0.476 e. The molecule has 0 saturated heterocycles. The second-order valence-electron chi connectivity index (χ2n) is 6.53. The molecule has 5 heteroatoms. The van der Waals surface area contributed by atoms with Crippen LogP contribution in [0.15, 0.2) is 0 Å². The Morgan fingerprint density at radius 1 is 1.33 bits per heavy atom. The number of aromatic nitrogens is 3. The molecule has 0 unspecified atom stereocenters. The minimum absolute atomic E-state index is 0.151. The lowest BCUT2D eigenvalue weighted by Gasteiger charge is -2.29. The van der Waals surface area contributed by atoms with E-state index >= 15 is 0 Å². The zero-order valence-electron chi connectivity index (χ0n) is 13.4. The van der Waals surface area contributed by atoms with Gasteiger partial charge in [-0.25, -0.2) is 9.48 Å². The molecule has 0 spiro atoms. The van der Waals surface area contributed by atoms with E-state index < -0.39 is 5.97 Å². The lowest BCUT2D eigenvalue weighted by atomic mass is 9.78. The van der Waals surface area contributed by atoms with Crippen molar-refractivity contribution in [3.8, 4) is 0 Å². The Hall–Kier alpha value is -1.39. The summed E-state index contributed by atoms with van der Waals surface area (Å²) >= 11 is 0. The summed E-state index contributed by atoms with van der Waals surface area (Å²) in [4.78, 5) is 11.4. The fraction of sp³-hybridized carbons (Fsp3) is 0.812. The molecular weight excluding hydrogens is 266 g/mol. The quantitative estimate of drug-likeness (QED) is 0.860. The maximum atomic E-state index is 11.4. The van der Waals surface area contributed by atoms with E-state index in [0.29, 0.717) is 5.92 Å². The maximum Gasteiger partial charge on any atom is 0.358 e. The second-order valence-corrected chi connectivity index (χ2v) is 6.53. The third-order valence-electron chi connectivity index (χ3n) is 4.62. The summed E-state index contributed by atoms with van der Waals surface area (Å²) in [5.74, 6) is 0.161. The lowest BCUT2D eigenvalue weighted by Crippen LogP contribution is -2.20. The molecule has 0 aromatic carbocycles. The van der Waals surface area contributed by atoms with Gasteiger partial charge in [-0.15, -0.1) is 5.10 Å². The average Bonchev–Trinajstić information content (AvgIpc) is 2.91. The topological polar surface area (TPSA) is 68.0 Å². The molecule has 1 aromatic rings. The van der Waals surface area contributed by atoms with Crippen molar-refractivity contribution < 1.29 is 9.90 Å².